The molecule has 2 heterocycles. The molecular formula is C10H15N3O2. The molecular weight excluding hydrogens is 194 g/mol. The Hall–Kier alpha value is -1.36. The van der Waals surface area contributed by atoms with Crippen LogP contribution >= 0.6 is 0 Å². The predicted molar refractivity (Wildman–Crippen MR) is 54.4 cm³/mol. The molecule has 82 valence electrons. The summed E-state index contributed by atoms with van der Waals surface area (Å²) in [5.41, 5.74) is 2.10. The van der Waals surface area contributed by atoms with Crippen LogP contribution in [0, 0.1) is 12.8 Å². The highest BCUT2D eigenvalue weighted by atomic mass is 16.4. The van der Waals surface area contributed by atoms with Gasteiger partial charge in [0.05, 0.1) is 12.1 Å². The summed E-state index contributed by atoms with van der Waals surface area (Å²) in [5, 5.41) is 19.1. The van der Waals surface area contributed by atoms with E-state index in [0.717, 1.165) is 17.8 Å². The lowest BCUT2D eigenvalue weighted by Crippen LogP contribution is -2.35. The molecule has 1 aromatic rings. The third-order valence-electron chi connectivity index (χ3n) is 3.00. The molecule has 1 aromatic heterocycles. The Bertz CT molecular complexity index is 361. The zero-order valence-electron chi connectivity index (χ0n) is 8.66. The zero-order chi connectivity index (χ0) is 10.8. The van der Waals surface area contributed by atoms with Gasteiger partial charge in [-0.2, -0.15) is 5.10 Å². The molecule has 1 aliphatic rings. The van der Waals surface area contributed by atoms with Gasteiger partial charge in [0, 0.05) is 17.3 Å². The van der Waals surface area contributed by atoms with E-state index < -0.39 is 5.97 Å². The number of hydrogen-bond acceptors (Lipinski definition) is 3. The van der Waals surface area contributed by atoms with E-state index in [4.69, 9.17) is 5.11 Å². The van der Waals surface area contributed by atoms with Gasteiger partial charge >= 0.3 is 5.97 Å². The van der Waals surface area contributed by atoms with Crippen molar-refractivity contribution < 1.29 is 9.90 Å². The van der Waals surface area contributed by atoms with Crippen LogP contribution in [0.25, 0.3) is 0 Å². The number of aromatic amines is 1. The van der Waals surface area contributed by atoms with E-state index >= 15 is 0 Å². The van der Waals surface area contributed by atoms with E-state index in [1.807, 2.05) is 6.92 Å². The van der Waals surface area contributed by atoms with E-state index in [1.54, 1.807) is 6.20 Å². The minimum Gasteiger partial charge on any atom is -0.481 e. The molecule has 0 aliphatic carbocycles. The molecule has 3 N–H and O–H groups in total. The summed E-state index contributed by atoms with van der Waals surface area (Å²) < 4.78 is 0. The second kappa shape index (κ2) is 4.02. The molecule has 5 nitrogen and oxygen atoms in total. The molecule has 1 aliphatic heterocycles. The summed E-state index contributed by atoms with van der Waals surface area (Å²) in [5.74, 6) is -0.923. The fourth-order valence-electron chi connectivity index (χ4n) is 2.09. The number of H-pyrrole nitrogens is 1. The lowest BCUT2D eigenvalue weighted by atomic mass is 9.89. The van der Waals surface area contributed by atoms with Gasteiger partial charge < -0.3 is 10.4 Å². The lowest BCUT2D eigenvalue weighted by molar-refractivity contribution is -0.143. The van der Waals surface area contributed by atoms with Crippen LogP contribution in [0.3, 0.4) is 0 Å². The lowest BCUT2D eigenvalue weighted by Gasteiger charge is -2.27. The molecule has 0 bridgehead atoms. The number of rotatable bonds is 2. The van der Waals surface area contributed by atoms with Gasteiger partial charge in [0.2, 0.25) is 0 Å². The minimum absolute atomic E-state index is 0.124. The van der Waals surface area contributed by atoms with Crippen molar-refractivity contribution in [3.05, 3.63) is 17.5 Å². The van der Waals surface area contributed by atoms with Crippen molar-refractivity contribution in [3.8, 4) is 0 Å². The summed E-state index contributed by atoms with van der Waals surface area (Å²) in [7, 11) is 0. The fourth-order valence-corrected chi connectivity index (χ4v) is 2.09. The molecule has 15 heavy (non-hydrogen) atoms. The summed E-state index contributed by atoms with van der Waals surface area (Å²) in [6.45, 7) is 2.71. The molecule has 0 aromatic carbocycles. The van der Waals surface area contributed by atoms with Gasteiger partial charge in [0.25, 0.3) is 0 Å². The predicted octanol–water partition coefficient (Wildman–Crippen LogP) is 0.843. The third kappa shape index (κ3) is 2.02. The second-order valence-corrected chi connectivity index (χ2v) is 4.02. The van der Waals surface area contributed by atoms with E-state index in [0.29, 0.717) is 12.8 Å². The van der Waals surface area contributed by atoms with E-state index in [-0.39, 0.29) is 12.0 Å². The molecule has 5 heteroatoms. The number of hydrogen-bond donors (Lipinski definition) is 3. The highest BCUT2D eigenvalue weighted by molar-refractivity contribution is 5.70. The standard InChI is InChI=1S/C10H15N3O2/c1-6-8(5-12-13-6)9-4-7(10(14)15)2-3-11-9/h5,7,9,11H,2-4H2,1H3,(H,12,13)(H,14,15). The average molecular weight is 209 g/mol. The number of nitrogens with one attached hydrogen (secondary N) is 2. The molecule has 1 saturated heterocycles. The van der Waals surface area contributed by atoms with Crippen molar-refractivity contribution in [1.82, 2.24) is 15.5 Å². The minimum atomic E-state index is -0.692. The summed E-state index contributed by atoms with van der Waals surface area (Å²) in [4.78, 5) is 10.9. The molecule has 0 spiro atoms. The maximum Gasteiger partial charge on any atom is 0.306 e. The van der Waals surface area contributed by atoms with Gasteiger partial charge in [0.15, 0.2) is 0 Å². The van der Waals surface area contributed by atoms with Crippen LogP contribution in [0.5, 0.6) is 0 Å². The van der Waals surface area contributed by atoms with Crippen molar-refractivity contribution in [2.24, 2.45) is 5.92 Å². The van der Waals surface area contributed by atoms with Crippen LogP contribution in [0.4, 0.5) is 0 Å². The second-order valence-electron chi connectivity index (χ2n) is 4.02. The Morgan fingerprint density at radius 3 is 3.07 bits per heavy atom. The van der Waals surface area contributed by atoms with Gasteiger partial charge in [-0.25, -0.2) is 0 Å². The van der Waals surface area contributed by atoms with Gasteiger partial charge in [-0.15, -0.1) is 0 Å². The summed E-state index contributed by atoms with van der Waals surface area (Å²) in [6, 6.07) is 0.124. The van der Waals surface area contributed by atoms with Crippen molar-refractivity contribution in [2.75, 3.05) is 6.54 Å². The molecule has 0 radical (unpaired) electrons. The van der Waals surface area contributed by atoms with Crippen molar-refractivity contribution >= 4 is 5.97 Å². The molecule has 2 atom stereocenters. The van der Waals surface area contributed by atoms with Crippen molar-refractivity contribution in [2.45, 2.75) is 25.8 Å². The van der Waals surface area contributed by atoms with E-state index in [1.165, 1.54) is 0 Å². The zero-order valence-corrected chi connectivity index (χ0v) is 8.66. The Kier molecular flexibility index (Phi) is 2.73. The van der Waals surface area contributed by atoms with Gasteiger partial charge in [-0.1, -0.05) is 0 Å². The number of carboxylic acid groups (broad SMARTS) is 1. The van der Waals surface area contributed by atoms with Crippen LogP contribution in [-0.4, -0.2) is 27.8 Å². The molecule has 2 rings (SSSR count). The van der Waals surface area contributed by atoms with Gasteiger partial charge in [0.1, 0.15) is 0 Å². The number of aryl methyl sites for hydroxylation is 1. The molecule has 0 saturated carbocycles. The summed E-state index contributed by atoms with van der Waals surface area (Å²) in [6.07, 6.45) is 3.13. The first-order valence-corrected chi connectivity index (χ1v) is 5.14. The maximum atomic E-state index is 10.9. The normalized spacial score (nSPS) is 26.5. The van der Waals surface area contributed by atoms with Crippen LogP contribution < -0.4 is 5.32 Å². The number of carboxylic acids is 1. The Balaban J connectivity index is 2.11. The SMILES string of the molecule is Cc1[nH]ncc1C1CC(C(=O)O)CCN1. The van der Waals surface area contributed by atoms with Crippen LogP contribution in [0.1, 0.15) is 30.1 Å². The Morgan fingerprint density at radius 2 is 2.47 bits per heavy atom. The first kappa shape index (κ1) is 10.2. The topological polar surface area (TPSA) is 78.0 Å². The maximum absolute atomic E-state index is 10.9. The number of piperidine rings is 1. The van der Waals surface area contributed by atoms with Gasteiger partial charge in [-0.05, 0) is 26.3 Å². The van der Waals surface area contributed by atoms with Crippen LogP contribution in [0.2, 0.25) is 0 Å². The molecule has 1 fully saturated rings. The number of aromatic nitrogens is 2. The highest BCUT2D eigenvalue weighted by Crippen LogP contribution is 2.28. The van der Waals surface area contributed by atoms with Crippen molar-refractivity contribution in [1.29, 1.82) is 0 Å². The monoisotopic (exact) mass is 209 g/mol. The number of nitrogens with zero attached hydrogens (tertiary/aromatic N) is 1. The van der Waals surface area contributed by atoms with Crippen LogP contribution in [0.15, 0.2) is 6.20 Å². The average Bonchev–Trinajstić information content (AvgIpc) is 2.64. The number of carbonyl (C=O) groups is 1. The smallest absolute Gasteiger partial charge is 0.306 e. The van der Waals surface area contributed by atoms with Crippen molar-refractivity contribution in [3.63, 3.8) is 0 Å². The highest BCUT2D eigenvalue weighted by Gasteiger charge is 2.28. The molecule has 2 unspecified atom stereocenters. The van der Waals surface area contributed by atoms with E-state index in [9.17, 15) is 4.79 Å². The quantitative estimate of drug-likeness (QED) is 0.674. The Morgan fingerprint density at radius 1 is 1.67 bits per heavy atom. The fraction of sp³-hybridized carbons (Fsp3) is 0.600. The Labute approximate surface area is 87.9 Å². The number of aliphatic carboxylic acids is 1. The van der Waals surface area contributed by atoms with Crippen LogP contribution in [-0.2, 0) is 4.79 Å². The summed E-state index contributed by atoms with van der Waals surface area (Å²) >= 11 is 0. The first-order chi connectivity index (χ1) is 7.18. The first-order valence-electron chi connectivity index (χ1n) is 5.14. The largest absolute Gasteiger partial charge is 0.481 e. The third-order valence-corrected chi connectivity index (χ3v) is 3.00. The van der Waals surface area contributed by atoms with Gasteiger partial charge in [-0.3, -0.25) is 9.89 Å². The van der Waals surface area contributed by atoms with E-state index in [2.05, 4.69) is 15.5 Å². The molecule has 0 amide bonds.